The van der Waals surface area contributed by atoms with Crippen LogP contribution in [0.15, 0.2) is 0 Å². The minimum atomic E-state index is -0.125. The van der Waals surface area contributed by atoms with Gasteiger partial charge in [-0.1, -0.05) is 0 Å². The van der Waals surface area contributed by atoms with Crippen molar-refractivity contribution >= 4 is 7.85 Å². The van der Waals surface area contributed by atoms with Gasteiger partial charge in [-0.25, -0.2) is 0 Å². The molecule has 2 nitrogen and oxygen atoms in total. The van der Waals surface area contributed by atoms with Gasteiger partial charge in [0.25, 0.3) is 0 Å². The average molecular weight is 97.9 g/mol. The summed E-state index contributed by atoms with van der Waals surface area (Å²) in [7, 11) is 5.18. The monoisotopic (exact) mass is 98.1 g/mol. The molecule has 0 N–H and O–H groups in total. The van der Waals surface area contributed by atoms with Crippen LogP contribution in [0.1, 0.15) is 0 Å². The van der Waals surface area contributed by atoms with Crippen LogP contribution in [-0.4, -0.2) is 27.4 Å². The molecule has 0 aromatic rings. The molecule has 3 heteroatoms. The van der Waals surface area contributed by atoms with E-state index in [0.29, 0.717) is 19.5 Å². The first-order valence-electron chi connectivity index (χ1n) is 2.37. The summed E-state index contributed by atoms with van der Waals surface area (Å²) < 4.78 is 9.91. The zero-order valence-corrected chi connectivity index (χ0v) is 4.09. The van der Waals surface area contributed by atoms with Crippen molar-refractivity contribution in [1.82, 2.24) is 0 Å². The van der Waals surface area contributed by atoms with Crippen molar-refractivity contribution in [2.45, 2.75) is 12.6 Å². The SMILES string of the molecule is [B]CC1OCCO1. The molecule has 0 amide bonds. The number of ether oxygens (including phenoxy) is 2. The molecule has 0 spiro atoms. The van der Waals surface area contributed by atoms with Gasteiger partial charge in [0.1, 0.15) is 6.29 Å². The maximum absolute atomic E-state index is 5.18. The van der Waals surface area contributed by atoms with E-state index in [4.69, 9.17) is 17.3 Å². The lowest BCUT2D eigenvalue weighted by molar-refractivity contribution is -0.0248. The highest BCUT2D eigenvalue weighted by atomic mass is 16.7. The molecule has 1 fully saturated rings. The van der Waals surface area contributed by atoms with Crippen molar-refractivity contribution in [3.63, 3.8) is 0 Å². The first-order chi connectivity index (χ1) is 3.43. The normalized spacial score (nSPS) is 23.4. The number of rotatable bonds is 1. The lowest BCUT2D eigenvalue weighted by Gasteiger charge is -2.01. The molecule has 1 saturated heterocycles. The van der Waals surface area contributed by atoms with Gasteiger partial charge in [0.05, 0.1) is 21.1 Å². The van der Waals surface area contributed by atoms with Gasteiger partial charge in [0, 0.05) is 0 Å². The summed E-state index contributed by atoms with van der Waals surface area (Å²) in [5.41, 5.74) is 0. The Bertz CT molecular complexity index is 51.7. The van der Waals surface area contributed by atoms with Crippen LogP contribution in [-0.2, 0) is 9.47 Å². The smallest absolute Gasteiger partial charge is 0.150 e. The van der Waals surface area contributed by atoms with E-state index in [9.17, 15) is 0 Å². The third-order valence-electron chi connectivity index (χ3n) is 0.883. The Labute approximate surface area is 44.2 Å². The van der Waals surface area contributed by atoms with E-state index in [1.165, 1.54) is 0 Å². The van der Waals surface area contributed by atoms with Crippen LogP contribution in [0.4, 0.5) is 0 Å². The fourth-order valence-electron chi connectivity index (χ4n) is 0.543. The van der Waals surface area contributed by atoms with Crippen LogP contribution in [0.5, 0.6) is 0 Å². The second-order valence-corrected chi connectivity index (χ2v) is 1.41. The van der Waals surface area contributed by atoms with E-state index in [-0.39, 0.29) is 6.29 Å². The second-order valence-electron chi connectivity index (χ2n) is 1.41. The summed E-state index contributed by atoms with van der Waals surface area (Å²) in [6.07, 6.45) is 0.347. The van der Waals surface area contributed by atoms with Crippen LogP contribution in [0, 0.1) is 0 Å². The molecule has 38 valence electrons. The van der Waals surface area contributed by atoms with Crippen LogP contribution in [0.25, 0.3) is 0 Å². The molecule has 1 heterocycles. The predicted molar refractivity (Wildman–Crippen MR) is 26.3 cm³/mol. The highest BCUT2D eigenvalue weighted by Crippen LogP contribution is 2.04. The molecule has 1 aliphatic heterocycles. The highest BCUT2D eigenvalue weighted by Gasteiger charge is 2.11. The Morgan fingerprint density at radius 2 is 2.00 bits per heavy atom. The minimum absolute atomic E-state index is 0.125. The van der Waals surface area contributed by atoms with Crippen molar-refractivity contribution in [2.24, 2.45) is 0 Å². The topological polar surface area (TPSA) is 18.5 Å². The Kier molecular flexibility index (Phi) is 1.71. The van der Waals surface area contributed by atoms with E-state index < -0.39 is 0 Å². The van der Waals surface area contributed by atoms with Gasteiger partial charge in [-0.15, -0.1) is 0 Å². The Morgan fingerprint density at radius 1 is 1.43 bits per heavy atom. The molecule has 0 aromatic heterocycles. The van der Waals surface area contributed by atoms with Crippen molar-refractivity contribution < 1.29 is 9.47 Å². The van der Waals surface area contributed by atoms with Crippen LogP contribution >= 0.6 is 0 Å². The quantitative estimate of drug-likeness (QED) is 0.428. The summed E-state index contributed by atoms with van der Waals surface area (Å²) in [5.74, 6) is 0. The summed E-state index contributed by atoms with van der Waals surface area (Å²) in [4.78, 5) is 0. The van der Waals surface area contributed by atoms with Crippen LogP contribution in [0.3, 0.4) is 0 Å². The third kappa shape index (κ3) is 1.18. The Balaban J connectivity index is 2.14. The lowest BCUT2D eigenvalue weighted by Crippen LogP contribution is -2.04. The van der Waals surface area contributed by atoms with Crippen LogP contribution in [0.2, 0.25) is 6.32 Å². The molecule has 0 atom stereocenters. The number of hydrogen-bond acceptors (Lipinski definition) is 2. The van der Waals surface area contributed by atoms with Gasteiger partial charge in [-0.05, 0) is 6.32 Å². The molecule has 0 aromatic carbocycles. The van der Waals surface area contributed by atoms with Crippen molar-refractivity contribution in [2.75, 3.05) is 13.2 Å². The van der Waals surface area contributed by atoms with Gasteiger partial charge in [-0.2, -0.15) is 0 Å². The summed E-state index contributed by atoms with van der Waals surface area (Å²) in [6.45, 7) is 1.39. The van der Waals surface area contributed by atoms with E-state index in [0.717, 1.165) is 0 Å². The fraction of sp³-hybridized carbons (Fsp3) is 1.00. The summed E-state index contributed by atoms with van der Waals surface area (Å²) in [5, 5.41) is 0. The highest BCUT2D eigenvalue weighted by molar-refractivity contribution is 6.08. The molecular weight excluding hydrogens is 90.9 g/mol. The molecule has 1 rings (SSSR count). The summed E-state index contributed by atoms with van der Waals surface area (Å²) >= 11 is 0. The van der Waals surface area contributed by atoms with E-state index in [1.54, 1.807) is 0 Å². The first-order valence-corrected chi connectivity index (χ1v) is 2.37. The second kappa shape index (κ2) is 2.33. The molecular formula is C4H7BO2. The van der Waals surface area contributed by atoms with Crippen molar-refractivity contribution in [3.8, 4) is 0 Å². The predicted octanol–water partition coefficient (Wildman–Crippen LogP) is -0.0539. The standard InChI is InChI=1S/C4H7BO2/c5-3-4-6-1-2-7-4/h4H,1-3H2. The Morgan fingerprint density at radius 3 is 2.29 bits per heavy atom. The zero-order chi connectivity index (χ0) is 5.11. The maximum atomic E-state index is 5.18. The molecule has 7 heavy (non-hydrogen) atoms. The van der Waals surface area contributed by atoms with Crippen LogP contribution < -0.4 is 0 Å². The van der Waals surface area contributed by atoms with Gasteiger partial charge in [0.15, 0.2) is 0 Å². The molecule has 1 aliphatic rings. The van der Waals surface area contributed by atoms with E-state index >= 15 is 0 Å². The van der Waals surface area contributed by atoms with Crippen molar-refractivity contribution in [3.05, 3.63) is 0 Å². The third-order valence-corrected chi connectivity index (χ3v) is 0.883. The van der Waals surface area contributed by atoms with E-state index in [1.807, 2.05) is 0 Å². The maximum Gasteiger partial charge on any atom is 0.150 e. The number of hydrogen-bond donors (Lipinski definition) is 0. The zero-order valence-electron chi connectivity index (χ0n) is 4.09. The molecule has 0 aliphatic carbocycles. The molecule has 2 radical (unpaired) electrons. The first kappa shape index (κ1) is 5.13. The molecule has 0 unspecified atom stereocenters. The van der Waals surface area contributed by atoms with Crippen molar-refractivity contribution in [1.29, 1.82) is 0 Å². The largest absolute Gasteiger partial charge is 0.351 e. The van der Waals surface area contributed by atoms with Gasteiger partial charge in [-0.3, -0.25) is 0 Å². The summed E-state index contributed by atoms with van der Waals surface area (Å²) in [6, 6.07) is 0. The average Bonchev–Trinajstić information content (AvgIpc) is 2.14. The van der Waals surface area contributed by atoms with E-state index in [2.05, 4.69) is 0 Å². The van der Waals surface area contributed by atoms with Gasteiger partial charge in [0.2, 0.25) is 0 Å². The minimum Gasteiger partial charge on any atom is -0.351 e. The van der Waals surface area contributed by atoms with Gasteiger partial charge >= 0.3 is 0 Å². The Hall–Kier alpha value is -0.0151. The molecule has 0 saturated carbocycles. The van der Waals surface area contributed by atoms with Gasteiger partial charge < -0.3 is 9.47 Å². The molecule has 0 bridgehead atoms. The lowest BCUT2D eigenvalue weighted by atomic mass is 10.1. The fourth-order valence-corrected chi connectivity index (χ4v) is 0.543.